The summed E-state index contributed by atoms with van der Waals surface area (Å²) in [5.41, 5.74) is 0.0549. The van der Waals surface area contributed by atoms with Crippen molar-refractivity contribution in [1.82, 2.24) is 4.98 Å². The minimum absolute atomic E-state index is 0.0607. The fraction of sp³-hybridized carbons (Fsp3) is 0. The number of pyridine rings is 1. The van der Waals surface area contributed by atoms with E-state index >= 15 is 0 Å². The second kappa shape index (κ2) is 5.21. The summed E-state index contributed by atoms with van der Waals surface area (Å²) in [6.07, 6.45) is 1.48. The van der Waals surface area contributed by atoms with Gasteiger partial charge < -0.3 is 0 Å². The molecule has 0 aliphatic carbocycles. The van der Waals surface area contributed by atoms with Crippen molar-refractivity contribution in [3.8, 4) is 0 Å². The van der Waals surface area contributed by atoms with E-state index in [1.807, 2.05) is 22.6 Å². The van der Waals surface area contributed by atoms with Gasteiger partial charge in [-0.3, -0.25) is 19.9 Å². The molecule has 0 saturated heterocycles. The molecule has 0 saturated carbocycles. The number of carbonyl (C=O) groups is 1. The lowest BCUT2D eigenvalue weighted by atomic mass is 10.1. The maximum atomic E-state index is 12.2. The zero-order valence-electron chi connectivity index (χ0n) is 9.04. The highest BCUT2D eigenvalue weighted by Gasteiger charge is 2.22. The van der Waals surface area contributed by atoms with Crippen LogP contribution in [0.3, 0.4) is 0 Å². The van der Waals surface area contributed by atoms with Gasteiger partial charge in [0.2, 0.25) is 5.78 Å². The van der Waals surface area contributed by atoms with Crippen molar-refractivity contribution in [3.05, 3.63) is 67.5 Å². The van der Waals surface area contributed by atoms with Crippen molar-refractivity contribution in [2.75, 3.05) is 0 Å². The molecule has 90 valence electrons. The highest BCUT2D eigenvalue weighted by Crippen LogP contribution is 2.23. The molecule has 2 aromatic rings. The molecule has 2 rings (SSSR count). The van der Waals surface area contributed by atoms with Gasteiger partial charge in [-0.1, -0.05) is 6.07 Å². The molecule has 0 fully saturated rings. The standard InChI is InChI=1S/C12H7IN2O3/c13-8-4-5-11(15(17)18)9(7-8)12(16)10-3-1-2-6-14-10/h1-7H. The Labute approximate surface area is 116 Å². The minimum atomic E-state index is -0.563. The Morgan fingerprint density at radius 1 is 1.28 bits per heavy atom. The largest absolute Gasteiger partial charge is 0.287 e. The molecule has 1 aromatic heterocycles. The number of nitro benzene ring substituents is 1. The molecule has 0 spiro atoms. The summed E-state index contributed by atoms with van der Waals surface area (Å²) in [4.78, 5) is 26.4. The van der Waals surface area contributed by atoms with Gasteiger partial charge in [0.25, 0.3) is 5.69 Å². The van der Waals surface area contributed by atoms with Gasteiger partial charge >= 0.3 is 0 Å². The number of benzene rings is 1. The Bertz CT molecular complexity index is 614. The fourth-order valence-corrected chi connectivity index (χ4v) is 1.98. The molecule has 0 aliphatic rings. The van der Waals surface area contributed by atoms with E-state index < -0.39 is 10.7 Å². The van der Waals surface area contributed by atoms with Crippen LogP contribution in [0.15, 0.2) is 42.6 Å². The molecule has 18 heavy (non-hydrogen) atoms. The lowest BCUT2D eigenvalue weighted by Gasteiger charge is -2.02. The molecular formula is C12H7IN2O3. The highest BCUT2D eigenvalue weighted by molar-refractivity contribution is 14.1. The van der Waals surface area contributed by atoms with E-state index in [0.29, 0.717) is 0 Å². The van der Waals surface area contributed by atoms with E-state index in [4.69, 9.17) is 0 Å². The molecule has 0 unspecified atom stereocenters. The summed E-state index contributed by atoms with van der Waals surface area (Å²) in [5, 5.41) is 10.9. The van der Waals surface area contributed by atoms with E-state index in [-0.39, 0.29) is 16.9 Å². The molecule has 0 amide bonds. The van der Waals surface area contributed by atoms with Gasteiger partial charge in [-0.05, 0) is 46.9 Å². The van der Waals surface area contributed by atoms with Crippen molar-refractivity contribution in [2.45, 2.75) is 0 Å². The fourth-order valence-electron chi connectivity index (χ4n) is 1.48. The summed E-state index contributed by atoms with van der Waals surface area (Å²) < 4.78 is 0.762. The van der Waals surface area contributed by atoms with Gasteiger partial charge in [0.05, 0.1) is 4.92 Å². The topological polar surface area (TPSA) is 73.1 Å². The molecular weight excluding hydrogens is 347 g/mol. The Hall–Kier alpha value is -1.83. The molecule has 0 N–H and O–H groups in total. The summed E-state index contributed by atoms with van der Waals surface area (Å²) >= 11 is 2.00. The van der Waals surface area contributed by atoms with E-state index in [1.54, 1.807) is 18.2 Å². The van der Waals surface area contributed by atoms with Crippen molar-refractivity contribution in [3.63, 3.8) is 0 Å². The molecule has 0 bridgehead atoms. The van der Waals surface area contributed by atoms with Crippen molar-refractivity contribution < 1.29 is 9.72 Å². The monoisotopic (exact) mass is 354 g/mol. The number of hydrogen-bond acceptors (Lipinski definition) is 4. The maximum absolute atomic E-state index is 12.2. The molecule has 0 atom stereocenters. The normalized spacial score (nSPS) is 10.1. The van der Waals surface area contributed by atoms with Gasteiger partial charge in [0.1, 0.15) is 11.3 Å². The van der Waals surface area contributed by atoms with Crippen molar-refractivity contribution >= 4 is 34.1 Å². The van der Waals surface area contributed by atoms with Crippen LogP contribution >= 0.6 is 22.6 Å². The van der Waals surface area contributed by atoms with Crippen LogP contribution in [-0.4, -0.2) is 15.7 Å². The maximum Gasteiger partial charge on any atom is 0.280 e. The number of aromatic nitrogens is 1. The van der Waals surface area contributed by atoms with Crippen LogP contribution in [0.5, 0.6) is 0 Å². The average molecular weight is 354 g/mol. The first kappa shape index (κ1) is 12.6. The van der Waals surface area contributed by atoms with Crippen LogP contribution in [0.2, 0.25) is 0 Å². The van der Waals surface area contributed by atoms with Gasteiger partial charge in [-0.2, -0.15) is 0 Å². The Morgan fingerprint density at radius 2 is 2.06 bits per heavy atom. The predicted octanol–water partition coefficient (Wildman–Crippen LogP) is 2.83. The van der Waals surface area contributed by atoms with Crippen LogP contribution in [0, 0.1) is 13.7 Å². The van der Waals surface area contributed by atoms with Crippen LogP contribution in [-0.2, 0) is 0 Å². The predicted molar refractivity (Wildman–Crippen MR) is 73.5 cm³/mol. The van der Waals surface area contributed by atoms with E-state index in [9.17, 15) is 14.9 Å². The summed E-state index contributed by atoms with van der Waals surface area (Å²) in [7, 11) is 0. The molecule has 0 radical (unpaired) electrons. The Morgan fingerprint density at radius 3 is 2.67 bits per heavy atom. The molecule has 5 nitrogen and oxygen atoms in total. The molecule has 1 heterocycles. The Balaban J connectivity index is 2.54. The number of nitro groups is 1. The van der Waals surface area contributed by atoms with Crippen LogP contribution in [0.4, 0.5) is 5.69 Å². The van der Waals surface area contributed by atoms with Gasteiger partial charge in [0, 0.05) is 15.8 Å². The van der Waals surface area contributed by atoms with Crippen molar-refractivity contribution in [1.29, 1.82) is 0 Å². The van der Waals surface area contributed by atoms with Crippen LogP contribution in [0.1, 0.15) is 16.1 Å². The second-order valence-corrected chi connectivity index (χ2v) is 4.71. The lowest BCUT2D eigenvalue weighted by molar-refractivity contribution is -0.385. The summed E-state index contributed by atoms with van der Waals surface area (Å²) in [6, 6.07) is 9.30. The second-order valence-electron chi connectivity index (χ2n) is 3.46. The smallest absolute Gasteiger partial charge is 0.280 e. The van der Waals surface area contributed by atoms with Gasteiger partial charge in [0.15, 0.2) is 0 Å². The SMILES string of the molecule is O=C(c1ccccn1)c1cc(I)ccc1[N+](=O)[O-]. The summed E-state index contributed by atoms with van der Waals surface area (Å²) in [6.45, 7) is 0. The molecule has 1 aromatic carbocycles. The van der Waals surface area contributed by atoms with E-state index in [1.165, 1.54) is 24.4 Å². The van der Waals surface area contributed by atoms with Crippen LogP contribution in [0.25, 0.3) is 0 Å². The number of rotatable bonds is 3. The number of halogens is 1. The van der Waals surface area contributed by atoms with Gasteiger partial charge in [-0.15, -0.1) is 0 Å². The average Bonchev–Trinajstić information content (AvgIpc) is 2.38. The third-order valence-electron chi connectivity index (χ3n) is 2.30. The highest BCUT2D eigenvalue weighted by atomic mass is 127. The quantitative estimate of drug-likeness (QED) is 0.368. The zero-order chi connectivity index (χ0) is 13.1. The zero-order valence-corrected chi connectivity index (χ0v) is 11.2. The number of nitrogens with zero attached hydrogens (tertiary/aromatic N) is 2. The molecule has 0 aliphatic heterocycles. The number of ketones is 1. The first-order valence-corrected chi connectivity index (χ1v) is 6.07. The Kier molecular flexibility index (Phi) is 3.66. The first-order valence-electron chi connectivity index (χ1n) is 4.99. The number of hydrogen-bond donors (Lipinski definition) is 0. The third kappa shape index (κ3) is 2.53. The van der Waals surface area contributed by atoms with E-state index in [0.717, 1.165) is 3.57 Å². The minimum Gasteiger partial charge on any atom is -0.287 e. The van der Waals surface area contributed by atoms with Gasteiger partial charge in [-0.25, -0.2) is 0 Å². The number of carbonyl (C=O) groups excluding carboxylic acids is 1. The summed E-state index contributed by atoms with van der Waals surface area (Å²) in [5.74, 6) is -0.444. The van der Waals surface area contributed by atoms with E-state index in [2.05, 4.69) is 4.98 Å². The van der Waals surface area contributed by atoms with Crippen LogP contribution < -0.4 is 0 Å². The third-order valence-corrected chi connectivity index (χ3v) is 2.97. The lowest BCUT2D eigenvalue weighted by Crippen LogP contribution is -2.07. The first-order chi connectivity index (χ1) is 8.59. The molecule has 6 heteroatoms. The van der Waals surface area contributed by atoms with Crippen molar-refractivity contribution in [2.24, 2.45) is 0 Å².